The molecule has 0 aliphatic carbocycles. The summed E-state index contributed by atoms with van der Waals surface area (Å²) in [6.07, 6.45) is 2.85. The molecule has 0 atom stereocenters. The molecule has 2 aromatic rings. The molecule has 1 aromatic carbocycles. The van der Waals surface area contributed by atoms with E-state index in [1.54, 1.807) is 18.2 Å². The lowest BCUT2D eigenvalue weighted by atomic mass is 10.2. The van der Waals surface area contributed by atoms with E-state index in [4.69, 9.17) is 12.2 Å². The Hall–Kier alpha value is -2.23. The standard InChI is InChI=1S/C15H13N3O3S3/c1-24(20,21)18-10-4-2-9(3-5-10)13-7-6-11(23-13)8-12-14(19)17-15(22)16-12/h2-8,18H,1H3,(H2,16,17,19,22)/b12-8-. The Labute approximate surface area is 148 Å². The highest BCUT2D eigenvalue weighted by atomic mass is 32.2. The van der Waals surface area contributed by atoms with Crippen molar-refractivity contribution in [2.75, 3.05) is 11.0 Å². The molecular weight excluding hydrogens is 366 g/mol. The van der Waals surface area contributed by atoms with Crippen molar-refractivity contribution in [3.63, 3.8) is 0 Å². The molecule has 24 heavy (non-hydrogen) atoms. The quantitative estimate of drug-likeness (QED) is 0.560. The van der Waals surface area contributed by atoms with Gasteiger partial charge in [0, 0.05) is 15.4 Å². The van der Waals surface area contributed by atoms with E-state index in [-0.39, 0.29) is 5.91 Å². The maximum atomic E-state index is 11.6. The molecule has 0 radical (unpaired) electrons. The molecule has 0 spiro atoms. The third-order valence-electron chi connectivity index (χ3n) is 3.11. The maximum Gasteiger partial charge on any atom is 0.273 e. The number of hydrogen-bond donors (Lipinski definition) is 3. The van der Waals surface area contributed by atoms with Gasteiger partial charge in [0.15, 0.2) is 5.11 Å². The Morgan fingerprint density at radius 1 is 1.12 bits per heavy atom. The van der Waals surface area contributed by atoms with E-state index in [9.17, 15) is 13.2 Å². The van der Waals surface area contributed by atoms with Crippen molar-refractivity contribution in [2.45, 2.75) is 0 Å². The number of rotatable bonds is 4. The van der Waals surface area contributed by atoms with Crippen molar-refractivity contribution in [3.8, 4) is 10.4 Å². The van der Waals surface area contributed by atoms with Crippen LogP contribution < -0.4 is 15.4 Å². The minimum atomic E-state index is -3.28. The highest BCUT2D eigenvalue weighted by molar-refractivity contribution is 7.92. The smallest absolute Gasteiger partial charge is 0.273 e. The van der Waals surface area contributed by atoms with Crippen LogP contribution in [0.1, 0.15) is 4.88 Å². The van der Waals surface area contributed by atoms with Crippen LogP contribution in [0.25, 0.3) is 16.5 Å². The summed E-state index contributed by atoms with van der Waals surface area (Å²) < 4.78 is 24.8. The molecule has 3 N–H and O–H groups in total. The van der Waals surface area contributed by atoms with Crippen LogP contribution in [0.3, 0.4) is 0 Å². The highest BCUT2D eigenvalue weighted by Crippen LogP contribution is 2.30. The van der Waals surface area contributed by atoms with Gasteiger partial charge in [0.05, 0.1) is 6.26 Å². The van der Waals surface area contributed by atoms with Crippen LogP contribution in [0.5, 0.6) is 0 Å². The SMILES string of the molecule is CS(=O)(=O)Nc1ccc(-c2ccc(/C=C3\NC(=S)NC3=O)s2)cc1. The molecule has 9 heteroatoms. The van der Waals surface area contributed by atoms with E-state index in [1.165, 1.54) is 11.3 Å². The maximum absolute atomic E-state index is 11.6. The fourth-order valence-corrected chi connectivity index (χ4v) is 3.85. The predicted molar refractivity (Wildman–Crippen MR) is 100 cm³/mol. The zero-order valence-electron chi connectivity index (χ0n) is 12.5. The van der Waals surface area contributed by atoms with Gasteiger partial charge >= 0.3 is 0 Å². The molecule has 1 aliphatic heterocycles. The number of anilines is 1. The largest absolute Gasteiger partial charge is 0.328 e. The minimum absolute atomic E-state index is 0.244. The molecular formula is C15H13N3O3S3. The number of carbonyl (C=O) groups excluding carboxylic acids is 1. The average molecular weight is 379 g/mol. The first-order chi connectivity index (χ1) is 11.3. The fraction of sp³-hybridized carbons (Fsp3) is 0.0667. The summed E-state index contributed by atoms with van der Waals surface area (Å²) in [4.78, 5) is 13.6. The third kappa shape index (κ3) is 3.99. The molecule has 124 valence electrons. The van der Waals surface area contributed by atoms with Gasteiger partial charge < -0.3 is 5.32 Å². The Morgan fingerprint density at radius 3 is 2.42 bits per heavy atom. The van der Waals surface area contributed by atoms with Gasteiger partial charge in [-0.3, -0.25) is 14.8 Å². The fourth-order valence-electron chi connectivity index (χ4n) is 2.13. The Bertz CT molecular complexity index is 944. The van der Waals surface area contributed by atoms with Gasteiger partial charge in [-0.25, -0.2) is 8.42 Å². The summed E-state index contributed by atoms with van der Waals surface area (Å²) in [5, 5.41) is 5.62. The summed E-state index contributed by atoms with van der Waals surface area (Å²) in [5.74, 6) is -0.244. The predicted octanol–water partition coefficient (Wildman–Crippen LogP) is 2.13. The van der Waals surface area contributed by atoms with E-state index in [2.05, 4.69) is 15.4 Å². The molecule has 6 nitrogen and oxygen atoms in total. The van der Waals surface area contributed by atoms with Crippen molar-refractivity contribution in [2.24, 2.45) is 0 Å². The van der Waals surface area contributed by atoms with Gasteiger partial charge in [0.25, 0.3) is 5.91 Å². The Balaban J connectivity index is 1.80. The molecule has 1 aromatic heterocycles. The molecule has 1 fully saturated rings. The summed E-state index contributed by atoms with van der Waals surface area (Å²) >= 11 is 6.41. The first-order valence-corrected chi connectivity index (χ1v) is 9.94. The second kappa shape index (κ2) is 6.34. The van der Waals surface area contributed by atoms with E-state index >= 15 is 0 Å². The van der Waals surface area contributed by atoms with Gasteiger partial charge in [-0.15, -0.1) is 11.3 Å². The van der Waals surface area contributed by atoms with E-state index in [1.807, 2.05) is 24.3 Å². The van der Waals surface area contributed by atoms with Crippen LogP contribution in [-0.4, -0.2) is 25.7 Å². The normalized spacial score (nSPS) is 16.1. The van der Waals surface area contributed by atoms with Crippen LogP contribution in [0.2, 0.25) is 0 Å². The zero-order chi connectivity index (χ0) is 17.3. The Kier molecular flexibility index (Phi) is 4.39. The summed E-state index contributed by atoms with van der Waals surface area (Å²) in [6, 6.07) is 10.9. The van der Waals surface area contributed by atoms with Gasteiger partial charge in [0.1, 0.15) is 5.70 Å². The van der Waals surface area contributed by atoms with Crippen molar-refractivity contribution in [3.05, 3.63) is 47.0 Å². The first-order valence-electron chi connectivity index (χ1n) is 6.82. The lowest BCUT2D eigenvalue weighted by Crippen LogP contribution is -2.21. The highest BCUT2D eigenvalue weighted by Gasteiger charge is 2.20. The first kappa shape index (κ1) is 16.6. The van der Waals surface area contributed by atoms with E-state index in [0.717, 1.165) is 21.6 Å². The van der Waals surface area contributed by atoms with Crippen LogP contribution in [0.15, 0.2) is 42.1 Å². The van der Waals surface area contributed by atoms with Crippen LogP contribution in [-0.2, 0) is 14.8 Å². The van der Waals surface area contributed by atoms with Crippen LogP contribution in [0, 0.1) is 0 Å². The van der Waals surface area contributed by atoms with Crippen molar-refractivity contribution >= 4 is 56.4 Å². The number of benzene rings is 1. The monoisotopic (exact) mass is 379 g/mol. The number of thiocarbonyl (C=S) groups is 1. The topological polar surface area (TPSA) is 87.3 Å². The van der Waals surface area contributed by atoms with Gasteiger partial charge in [-0.05, 0) is 48.1 Å². The minimum Gasteiger partial charge on any atom is -0.328 e. The van der Waals surface area contributed by atoms with E-state index in [0.29, 0.717) is 16.5 Å². The van der Waals surface area contributed by atoms with Crippen molar-refractivity contribution in [1.82, 2.24) is 10.6 Å². The number of nitrogens with one attached hydrogen (secondary N) is 3. The molecule has 0 saturated carbocycles. The van der Waals surface area contributed by atoms with Crippen molar-refractivity contribution in [1.29, 1.82) is 0 Å². The lowest BCUT2D eigenvalue weighted by Gasteiger charge is -2.04. The number of amides is 1. The molecule has 1 aliphatic rings. The molecule has 3 rings (SSSR count). The van der Waals surface area contributed by atoms with E-state index < -0.39 is 10.0 Å². The molecule has 1 saturated heterocycles. The zero-order valence-corrected chi connectivity index (χ0v) is 14.9. The number of sulfonamides is 1. The molecule has 1 amide bonds. The van der Waals surface area contributed by atoms with Gasteiger partial charge in [-0.1, -0.05) is 12.1 Å². The Morgan fingerprint density at radius 2 is 1.83 bits per heavy atom. The summed E-state index contributed by atoms with van der Waals surface area (Å²) in [7, 11) is -3.28. The summed E-state index contributed by atoms with van der Waals surface area (Å²) in [6.45, 7) is 0. The van der Waals surface area contributed by atoms with Gasteiger partial charge in [-0.2, -0.15) is 0 Å². The third-order valence-corrected chi connectivity index (χ3v) is 5.00. The van der Waals surface area contributed by atoms with Gasteiger partial charge in [0.2, 0.25) is 10.0 Å². The van der Waals surface area contributed by atoms with Crippen LogP contribution >= 0.6 is 23.6 Å². The average Bonchev–Trinajstić information content (AvgIpc) is 3.06. The number of hydrogen-bond acceptors (Lipinski definition) is 5. The molecule has 2 heterocycles. The van der Waals surface area contributed by atoms with Crippen LogP contribution in [0.4, 0.5) is 5.69 Å². The molecule has 0 bridgehead atoms. The second-order valence-corrected chi connectivity index (χ2v) is 8.39. The number of carbonyl (C=O) groups is 1. The summed E-state index contributed by atoms with van der Waals surface area (Å²) in [5.41, 5.74) is 1.89. The molecule has 0 unspecified atom stereocenters. The lowest BCUT2D eigenvalue weighted by molar-refractivity contribution is -0.115. The second-order valence-electron chi connectivity index (χ2n) is 5.12. The van der Waals surface area contributed by atoms with Crippen molar-refractivity contribution < 1.29 is 13.2 Å². The number of thiophene rings is 1.